The van der Waals surface area contributed by atoms with E-state index in [4.69, 9.17) is 9.84 Å². The number of amides is 1. The first-order valence-electron chi connectivity index (χ1n) is 8.03. The molecule has 0 saturated heterocycles. The van der Waals surface area contributed by atoms with Crippen LogP contribution in [0.15, 0.2) is 48.5 Å². The third kappa shape index (κ3) is 4.40. The lowest BCUT2D eigenvalue weighted by atomic mass is 10.2. The Morgan fingerprint density at radius 1 is 1.18 bits per heavy atom. The van der Waals surface area contributed by atoms with Crippen molar-refractivity contribution in [2.45, 2.75) is 12.8 Å². The molecular formula is C18H15F3N4O3. The van der Waals surface area contributed by atoms with Gasteiger partial charge in [-0.3, -0.25) is 5.32 Å². The van der Waals surface area contributed by atoms with Crippen molar-refractivity contribution < 1.29 is 27.8 Å². The van der Waals surface area contributed by atoms with Gasteiger partial charge in [0.25, 0.3) is 0 Å². The van der Waals surface area contributed by atoms with Crippen molar-refractivity contribution in [1.29, 1.82) is 0 Å². The Morgan fingerprint density at radius 3 is 2.54 bits per heavy atom. The van der Waals surface area contributed by atoms with Crippen LogP contribution >= 0.6 is 0 Å². The van der Waals surface area contributed by atoms with Crippen molar-refractivity contribution in [2.24, 2.45) is 7.05 Å². The van der Waals surface area contributed by atoms with E-state index >= 15 is 0 Å². The van der Waals surface area contributed by atoms with Gasteiger partial charge in [0.15, 0.2) is 11.6 Å². The third-order valence-electron chi connectivity index (χ3n) is 3.89. The van der Waals surface area contributed by atoms with Gasteiger partial charge in [0.05, 0.1) is 5.56 Å². The van der Waals surface area contributed by atoms with Gasteiger partial charge >= 0.3 is 12.3 Å². The van der Waals surface area contributed by atoms with Crippen LogP contribution in [0, 0.1) is 0 Å². The fourth-order valence-corrected chi connectivity index (χ4v) is 2.47. The van der Waals surface area contributed by atoms with Crippen LogP contribution in [-0.2, 0) is 19.8 Å². The molecule has 0 bridgehead atoms. The first-order chi connectivity index (χ1) is 13.2. The molecule has 0 aliphatic heterocycles. The molecule has 1 amide bonds. The maximum atomic E-state index is 12.8. The predicted octanol–water partition coefficient (Wildman–Crippen LogP) is 4.17. The molecule has 1 heterocycles. The number of hydrogen-bond acceptors (Lipinski definition) is 4. The summed E-state index contributed by atoms with van der Waals surface area (Å²) >= 11 is 0. The fourth-order valence-electron chi connectivity index (χ4n) is 2.47. The quantitative estimate of drug-likeness (QED) is 0.680. The minimum Gasteiger partial charge on any atom is -0.486 e. The van der Waals surface area contributed by atoms with Gasteiger partial charge in [-0.1, -0.05) is 6.07 Å². The number of halogens is 3. The molecule has 3 rings (SSSR count). The Labute approximate surface area is 157 Å². The molecule has 0 radical (unpaired) electrons. The lowest BCUT2D eigenvalue weighted by molar-refractivity contribution is -0.137. The fraction of sp³-hybridized carbons (Fsp3) is 0.167. The SMILES string of the molecule is Cn1c(COc2cccc(C(F)(F)F)c2)nnc1-c1ccc(NC(=O)O)cc1. The molecule has 28 heavy (non-hydrogen) atoms. The van der Waals surface area contributed by atoms with Gasteiger partial charge in [0.2, 0.25) is 0 Å². The number of hydrogen-bond donors (Lipinski definition) is 2. The highest BCUT2D eigenvalue weighted by molar-refractivity contribution is 5.83. The van der Waals surface area contributed by atoms with Gasteiger partial charge in [-0.05, 0) is 42.5 Å². The summed E-state index contributed by atoms with van der Waals surface area (Å²) in [7, 11) is 1.70. The van der Waals surface area contributed by atoms with Crippen LogP contribution in [0.2, 0.25) is 0 Å². The van der Waals surface area contributed by atoms with Crippen molar-refractivity contribution in [3.63, 3.8) is 0 Å². The minimum atomic E-state index is -4.45. The van der Waals surface area contributed by atoms with Gasteiger partial charge < -0.3 is 14.4 Å². The molecule has 0 spiro atoms. The standard InChI is InChI=1S/C18H15F3N4O3/c1-25-15(10-28-14-4-2-3-12(9-14)18(19,20)21)23-24-16(25)11-5-7-13(8-6-11)22-17(26)27/h2-9,22H,10H2,1H3,(H,26,27). The molecule has 2 N–H and O–H groups in total. The van der Waals surface area contributed by atoms with E-state index < -0.39 is 17.8 Å². The largest absolute Gasteiger partial charge is 0.486 e. The van der Waals surface area contributed by atoms with E-state index in [1.54, 1.807) is 35.9 Å². The highest BCUT2D eigenvalue weighted by atomic mass is 19.4. The van der Waals surface area contributed by atoms with Crippen molar-refractivity contribution in [1.82, 2.24) is 14.8 Å². The molecule has 146 valence electrons. The number of aromatic nitrogens is 3. The van der Waals surface area contributed by atoms with Crippen molar-refractivity contribution in [3.8, 4) is 17.1 Å². The Morgan fingerprint density at radius 2 is 1.89 bits per heavy atom. The minimum absolute atomic E-state index is 0.0660. The molecule has 0 atom stereocenters. The molecule has 3 aromatic rings. The normalized spacial score (nSPS) is 11.3. The van der Waals surface area contributed by atoms with Crippen LogP contribution in [0.3, 0.4) is 0 Å². The average molecular weight is 392 g/mol. The van der Waals surface area contributed by atoms with Crippen molar-refractivity contribution >= 4 is 11.8 Å². The number of nitrogens with zero attached hydrogens (tertiary/aromatic N) is 3. The monoisotopic (exact) mass is 392 g/mol. The number of anilines is 1. The zero-order valence-electron chi connectivity index (χ0n) is 14.6. The molecule has 1 aromatic heterocycles. The molecule has 0 aliphatic carbocycles. The first kappa shape index (κ1) is 19.2. The maximum absolute atomic E-state index is 12.8. The molecule has 0 fully saturated rings. The molecular weight excluding hydrogens is 377 g/mol. The summed E-state index contributed by atoms with van der Waals surface area (Å²) in [5.74, 6) is 0.994. The van der Waals surface area contributed by atoms with Crippen LogP contribution in [-0.4, -0.2) is 26.0 Å². The summed E-state index contributed by atoms with van der Waals surface area (Å²) in [5, 5.41) is 19.0. The Bertz CT molecular complexity index is 984. The molecule has 2 aromatic carbocycles. The summed E-state index contributed by atoms with van der Waals surface area (Å²) in [6, 6.07) is 11.1. The van der Waals surface area contributed by atoms with E-state index in [0.717, 1.165) is 12.1 Å². The number of rotatable bonds is 5. The number of benzene rings is 2. The lowest BCUT2D eigenvalue weighted by Gasteiger charge is -2.10. The molecule has 10 heteroatoms. The van der Waals surface area contributed by atoms with Gasteiger partial charge in [-0.25, -0.2) is 4.79 Å². The van der Waals surface area contributed by atoms with E-state index in [9.17, 15) is 18.0 Å². The summed E-state index contributed by atoms with van der Waals surface area (Å²) in [6.07, 6.45) is -5.61. The molecule has 0 aliphatic rings. The molecule has 0 saturated carbocycles. The van der Waals surface area contributed by atoms with E-state index in [2.05, 4.69) is 15.5 Å². The number of alkyl halides is 3. The third-order valence-corrected chi connectivity index (χ3v) is 3.89. The van der Waals surface area contributed by atoms with Crippen LogP contribution in [0.4, 0.5) is 23.7 Å². The van der Waals surface area contributed by atoms with E-state index in [0.29, 0.717) is 22.9 Å². The van der Waals surface area contributed by atoms with Crippen LogP contribution in [0.5, 0.6) is 5.75 Å². The zero-order valence-corrected chi connectivity index (χ0v) is 14.6. The number of carboxylic acid groups (broad SMARTS) is 1. The smallest absolute Gasteiger partial charge is 0.416 e. The highest BCUT2D eigenvalue weighted by Crippen LogP contribution is 2.31. The topological polar surface area (TPSA) is 89.3 Å². The van der Waals surface area contributed by atoms with Crippen LogP contribution in [0.1, 0.15) is 11.4 Å². The van der Waals surface area contributed by atoms with E-state index in [1.807, 2.05) is 0 Å². The van der Waals surface area contributed by atoms with Gasteiger partial charge in [0, 0.05) is 18.3 Å². The number of nitrogens with one attached hydrogen (secondary N) is 1. The lowest BCUT2D eigenvalue weighted by Crippen LogP contribution is -2.07. The Balaban J connectivity index is 1.72. The van der Waals surface area contributed by atoms with Crippen LogP contribution in [0.25, 0.3) is 11.4 Å². The van der Waals surface area contributed by atoms with Crippen molar-refractivity contribution in [3.05, 3.63) is 59.9 Å². The average Bonchev–Trinajstić information content (AvgIpc) is 3.00. The first-order valence-corrected chi connectivity index (χ1v) is 8.03. The summed E-state index contributed by atoms with van der Waals surface area (Å²) in [4.78, 5) is 10.6. The van der Waals surface area contributed by atoms with Gasteiger partial charge in [0.1, 0.15) is 12.4 Å². The summed E-state index contributed by atoms with van der Waals surface area (Å²) in [5.41, 5.74) is 0.307. The second-order valence-corrected chi connectivity index (χ2v) is 5.82. The van der Waals surface area contributed by atoms with Crippen molar-refractivity contribution in [2.75, 3.05) is 5.32 Å². The van der Waals surface area contributed by atoms with Gasteiger partial charge in [-0.2, -0.15) is 13.2 Å². The number of ether oxygens (including phenoxy) is 1. The summed E-state index contributed by atoms with van der Waals surface area (Å²) < 4.78 is 45.4. The second-order valence-electron chi connectivity index (χ2n) is 5.82. The van der Waals surface area contributed by atoms with E-state index in [-0.39, 0.29) is 12.4 Å². The second kappa shape index (κ2) is 7.59. The van der Waals surface area contributed by atoms with Crippen LogP contribution < -0.4 is 10.1 Å². The molecule has 7 nitrogen and oxygen atoms in total. The van der Waals surface area contributed by atoms with Gasteiger partial charge in [-0.15, -0.1) is 10.2 Å². The summed E-state index contributed by atoms with van der Waals surface area (Å²) in [6.45, 7) is -0.0660. The maximum Gasteiger partial charge on any atom is 0.416 e. The highest BCUT2D eigenvalue weighted by Gasteiger charge is 2.30. The predicted molar refractivity (Wildman–Crippen MR) is 93.9 cm³/mol. The Kier molecular flexibility index (Phi) is 5.21. The number of carbonyl (C=O) groups is 1. The zero-order chi connectivity index (χ0) is 20.3. The Hall–Kier alpha value is -3.56. The van der Waals surface area contributed by atoms with E-state index in [1.165, 1.54) is 12.1 Å². The molecule has 0 unspecified atom stereocenters.